The van der Waals surface area contributed by atoms with Crippen LogP contribution in [0.1, 0.15) is 23.3 Å². The maximum Gasteiger partial charge on any atom is 0.229 e. The first-order chi connectivity index (χ1) is 25.0. The van der Waals surface area contributed by atoms with Crippen molar-refractivity contribution in [3.63, 3.8) is 0 Å². The van der Waals surface area contributed by atoms with Crippen LogP contribution in [0, 0.1) is 11.8 Å². The molecule has 8 N–H and O–H groups in total. The third kappa shape index (κ3) is 6.94. The Balaban J connectivity index is 1.22. The van der Waals surface area contributed by atoms with E-state index in [0.717, 1.165) is 0 Å². The van der Waals surface area contributed by atoms with E-state index in [9.17, 15) is 40.9 Å². The molecule has 0 amide bonds. The Hall–Kier alpha value is -3.24. The summed E-state index contributed by atoms with van der Waals surface area (Å²) >= 11 is 0. The van der Waals surface area contributed by atoms with Crippen LogP contribution in [0.25, 0.3) is 0 Å². The fourth-order valence-corrected chi connectivity index (χ4v) is 7.16. The van der Waals surface area contributed by atoms with E-state index in [2.05, 4.69) is 0 Å². The number of methoxy groups -OCH3 is 4. The van der Waals surface area contributed by atoms with Crippen molar-refractivity contribution in [1.82, 2.24) is 0 Å². The molecule has 18 nitrogen and oxygen atoms in total. The maximum atomic E-state index is 10.5. The van der Waals surface area contributed by atoms with Crippen molar-refractivity contribution in [2.45, 2.75) is 73.6 Å². The van der Waals surface area contributed by atoms with Gasteiger partial charge in [0, 0.05) is 11.8 Å². The van der Waals surface area contributed by atoms with Gasteiger partial charge in [-0.1, -0.05) is 0 Å². The highest BCUT2D eigenvalue weighted by Crippen LogP contribution is 2.54. The Morgan fingerprint density at radius 3 is 1.13 bits per heavy atom. The molecule has 4 fully saturated rings. The predicted molar refractivity (Wildman–Crippen MR) is 172 cm³/mol. The van der Waals surface area contributed by atoms with Crippen LogP contribution in [0.5, 0.6) is 34.5 Å². The second-order valence-corrected chi connectivity index (χ2v) is 13.0. The summed E-state index contributed by atoms with van der Waals surface area (Å²) in [6.07, 6.45) is -15.9. The van der Waals surface area contributed by atoms with Gasteiger partial charge in [-0.05, 0) is 35.4 Å². The molecule has 4 heterocycles. The number of rotatable bonds is 12. The SMILES string of the molecule is COc1cc([C@H]2OC[C@@H]3[C@@H]2CO[C@@H]3c2cc(OC)c(O[C@H]3O[C@@H](CO)[C@H](O)[C@@H](O)[C@@H]3O)c(OC)c2)cc(OC)c1O[C@@H]1O[C@H](CO)[C@H](O)[C@H](O)[C@@H]1O. The molecule has 4 aliphatic heterocycles. The number of hydrogen-bond donors (Lipinski definition) is 8. The summed E-state index contributed by atoms with van der Waals surface area (Å²) in [7, 11) is 5.66. The van der Waals surface area contributed by atoms with Gasteiger partial charge in [0.05, 0.1) is 67.1 Å². The monoisotopic (exact) mass is 742 g/mol. The molecular weight excluding hydrogens is 696 g/mol. The Morgan fingerprint density at radius 2 is 0.846 bits per heavy atom. The molecule has 52 heavy (non-hydrogen) atoms. The van der Waals surface area contributed by atoms with Crippen molar-refractivity contribution in [2.75, 3.05) is 54.9 Å². The average molecular weight is 743 g/mol. The zero-order valence-corrected chi connectivity index (χ0v) is 28.9. The molecule has 4 saturated heterocycles. The van der Waals surface area contributed by atoms with Crippen molar-refractivity contribution in [2.24, 2.45) is 11.8 Å². The summed E-state index contributed by atoms with van der Waals surface area (Å²) in [6, 6.07) is 6.78. The fourth-order valence-electron chi connectivity index (χ4n) is 7.16. The Morgan fingerprint density at radius 1 is 0.519 bits per heavy atom. The third-order valence-corrected chi connectivity index (χ3v) is 10.1. The van der Waals surface area contributed by atoms with Gasteiger partial charge >= 0.3 is 0 Å². The van der Waals surface area contributed by atoms with Gasteiger partial charge in [-0.2, -0.15) is 0 Å². The number of ether oxygens (including phenoxy) is 10. The zero-order valence-electron chi connectivity index (χ0n) is 28.9. The molecule has 0 radical (unpaired) electrons. The summed E-state index contributed by atoms with van der Waals surface area (Å²) in [5, 5.41) is 81.0. The molecular formula is C34H46O18. The van der Waals surface area contributed by atoms with Gasteiger partial charge in [0.15, 0.2) is 23.0 Å². The molecule has 18 heteroatoms. The normalized spacial score (nSPS) is 37.3. The molecule has 0 aromatic heterocycles. The van der Waals surface area contributed by atoms with E-state index in [1.54, 1.807) is 24.3 Å². The van der Waals surface area contributed by atoms with Gasteiger partial charge in [-0.15, -0.1) is 0 Å². The lowest BCUT2D eigenvalue weighted by atomic mass is 9.84. The van der Waals surface area contributed by atoms with Gasteiger partial charge in [0.25, 0.3) is 0 Å². The zero-order chi connectivity index (χ0) is 37.4. The summed E-state index contributed by atoms with van der Waals surface area (Å²) in [5.74, 6) is 0.683. The highest BCUT2D eigenvalue weighted by atomic mass is 16.7. The molecule has 6 rings (SSSR count). The van der Waals surface area contributed by atoms with Crippen LogP contribution < -0.4 is 28.4 Å². The second-order valence-electron chi connectivity index (χ2n) is 13.0. The minimum atomic E-state index is -1.65. The topological polar surface area (TPSA) is 254 Å². The Bertz CT molecular complexity index is 1360. The van der Waals surface area contributed by atoms with Crippen molar-refractivity contribution in [3.8, 4) is 34.5 Å². The lowest BCUT2D eigenvalue weighted by molar-refractivity contribution is -0.277. The van der Waals surface area contributed by atoms with Crippen LogP contribution in [0.4, 0.5) is 0 Å². The molecule has 2 aromatic rings. The first-order valence-corrected chi connectivity index (χ1v) is 16.7. The number of aliphatic hydroxyl groups is 8. The van der Waals surface area contributed by atoms with E-state index >= 15 is 0 Å². The molecule has 0 saturated carbocycles. The molecule has 14 atom stereocenters. The van der Waals surface area contributed by atoms with Crippen LogP contribution in [0.3, 0.4) is 0 Å². The first kappa shape index (κ1) is 38.5. The molecule has 0 spiro atoms. The Kier molecular flexibility index (Phi) is 11.8. The van der Waals surface area contributed by atoms with Crippen LogP contribution >= 0.6 is 0 Å². The Labute approximate surface area is 298 Å². The summed E-state index contributed by atoms with van der Waals surface area (Å²) in [5.41, 5.74) is 1.37. The number of aliphatic hydroxyl groups excluding tert-OH is 8. The van der Waals surface area contributed by atoms with Crippen molar-refractivity contribution in [3.05, 3.63) is 35.4 Å². The minimum Gasteiger partial charge on any atom is -0.493 e. The maximum absolute atomic E-state index is 10.5. The van der Waals surface area contributed by atoms with E-state index in [1.165, 1.54) is 28.4 Å². The summed E-state index contributed by atoms with van der Waals surface area (Å²) < 4.78 is 58.0. The van der Waals surface area contributed by atoms with E-state index in [-0.39, 0.29) is 46.3 Å². The molecule has 4 aliphatic rings. The minimum absolute atomic E-state index is 0.0541. The van der Waals surface area contributed by atoms with Gasteiger partial charge in [-0.25, -0.2) is 0 Å². The average Bonchev–Trinajstić information content (AvgIpc) is 3.78. The van der Waals surface area contributed by atoms with Crippen molar-refractivity contribution >= 4 is 0 Å². The fraction of sp³-hybridized carbons (Fsp3) is 0.647. The number of benzene rings is 2. The largest absolute Gasteiger partial charge is 0.493 e. The smallest absolute Gasteiger partial charge is 0.229 e. The quantitative estimate of drug-likeness (QED) is 0.119. The van der Waals surface area contributed by atoms with Crippen LogP contribution in [-0.2, 0) is 18.9 Å². The van der Waals surface area contributed by atoms with Crippen LogP contribution in [0.2, 0.25) is 0 Å². The highest BCUT2D eigenvalue weighted by Gasteiger charge is 2.50. The van der Waals surface area contributed by atoms with Crippen LogP contribution in [-0.4, -0.2) is 157 Å². The molecule has 0 unspecified atom stereocenters. The second kappa shape index (κ2) is 16.0. The molecule has 2 aromatic carbocycles. The first-order valence-electron chi connectivity index (χ1n) is 16.7. The van der Waals surface area contributed by atoms with Gasteiger partial charge in [0.1, 0.15) is 48.8 Å². The summed E-state index contributed by atoms with van der Waals surface area (Å²) in [4.78, 5) is 0. The lowest BCUT2D eigenvalue weighted by Crippen LogP contribution is -2.60. The van der Waals surface area contributed by atoms with Gasteiger partial charge in [-0.3, -0.25) is 0 Å². The van der Waals surface area contributed by atoms with E-state index < -0.39 is 86.8 Å². The van der Waals surface area contributed by atoms with E-state index in [0.29, 0.717) is 24.3 Å². The summed E-state index contributed by atoms with van der Waals surface area (Å²) in [6.45, 7) is -0.604. The van der Waals surface area contributed by atoms with E-state index in [4.69, 9.17) is 47.4 Å². The standard InChI is InChI=1S/C34H46O18/c1-43-17-5-13(6-18(44-2)31(17)51-33-27(41)25(39)23(37)21(9-35)49-33)29-15-11-48-30(16(15)12-47-29)14-7-19(45-3)32(20(8-14)46-4)52-34-28(42)26(40)24(38)22(10-36)50-34/h5-8,15-16,21-30,33-42H,9-12H2,1-4H3/t15-,16+,21+,22-,23-,24-,25-,26+,27-,28-,29+,30+,33-,34+/m0/s1. The lowest BCUT2D eigenvalue weighted by Gasteiger charge is -2.39. The van der Waals surface area contributed by atoms with Gasteiger partial charge < -0.3 is 88.2 Å². The van der Waals surface area contributed by atoms with Crippen molar-refractivity contribution in [1.29, 1.82) is 0 Å². The van der Waals surface area contributed by atoms with Crippen molar-refractivity contribution < 1.29 is 88.2 Å². The number of hydrogen-bond acceptors (Lipinski definition) is 18. The highest BCUT2D eigenvalue weighted by molar-refractivity contribution is 5.56. The third-order valence-electron chi connectivity index (χ3n) is 10.1. The van der Waals surface area contributed by atoms with E-state index in [1.807, 2.05) is 0 Å². The predicted octanol–water partition coefficient (Wildman–Crippen LogP) is -1.85. The molecule has 290 valence electrons. The molecule has 0 bridgehead atoms. The number of fused-ring (bicyclic) bond motifs is 1. The van der Waals surface area contributed by atoms with Gasteiger partial charge in [0.2, 0.25) is 24.1 Å². The molecule has 0 aliphatic carbocycles. The van der Waals surface area contributed by atoms with Crippen LogP contribution in [0.15, 0.2) is 24.3 Å².